The number of amides is 1. The first-order valence-electron chi connectivity index (χ1n) is 5.44. The van der Waals surface area contributed by atoms with E-state index in [1.54, 1.807) is 34.9 Å². The lowest BCUT2D eigenvalue weighted by Crippen LogP contribution is -2.27. The van der Waals surface area contributed by atoms with Crippen molar-refractivity contribution in [3.8, 4) is 0 Å². The van der Waals surface area contributed by atoms with Crippen LogP contribution in [0.3, 0.4) is 0 Å². The molecule has 0 fully saturated rings. The van der Waals surface area contributed by atoms with Crippen molar-refractivity contribution in [2.75, 3.05) is 30.4 Å². The first kappa shape index (κ1) is 14.9. The molecule has 2 N–H and O–H groups in total. The lowest BCUT2D eigenvalue weighted by molar-refractivity contribution is -0.118. The molecule has 0 unspecified atom stereocenters. The maximum Gasteiger partial charge on any atom is 0.230 e. The summed E-state index contributed by atoms with van der Waals surface area (Å²) in [4.78, 5) is 11.5. The molecule has 17 heavy (non-hydrogen) atoms. The van der Waals surface area contributed by atoms with Crippen LogP contribution in [0.1, 0.15) is 6.42 Å². The van der Waals surface area contributed by atoms with Crippen LogP contribution in [0.5, 0.6) is 0 Å². The summed E-state index contributed by atoms with van der Waals surface area (Å²) in [6.07, 6.45) is 0.826. The van der Waals surface area contributed by atoms with Crippen molar-refractivity contribution in [2.45, 2.75) is 10.6 Å². The number of carbonyl (C=O) groups is 1. The summed E-state index contributed by atoms with van der Waals surface area (Å²) in [5.41, 5.74) is 0. The normalized spacial score (nSPS) is 10.4. The second kappa shape index (κ2) is 9.82. The molecule has 0 aliphatic heterocycles. The van der Waals surface area contributed by atoms with Gasteiger partial charge in [-0.25, -0.2) is 0 Å². The highest BCUT2D eigenvalue weighted by molar-refractivity contribution is 8.01. The minimum absolute atomic E-state index is 0.0890. The molecule has 0 saturated heterocycles. The molecule has 0 aromatic carbocycles. The number of carbonyl (C=O) groups excluding carboxylic acids is 1. The molecule has 0 bridgehead atoms. The van der Waals surface area contributed by atoms with Crippen molar-refractivity contribution in [1.82, 2.24) is 5.32 Å². The summed E-state index contributed by atoms with van der Waals surface area (Å²) in [5.74, 6) is 2.44. The van der Waals surface area contributed by atoms with Crippen molar-refractivity contribution in [3.63, 3.8) is 0 Å². The maximum absolute atomic E-state index is 11.5. The molecule has 0 aliphatic carbocycles. The van der Waals surface area contributed by atoms with E-state index in [-0.39, 0.29) is 12.5 Å². The molecule has 0 saturated carbocycles. The summed E-state index contributed by atoms with van der Waals surface area (Å²) < 4.78 is 1.18. The van der Waals surface area contributed by atoms with Gasteiger partial charge in [-0.3, -0.25) is 4.79 Å². The standard InChI is InChI=1S/C11H17NO2S3/c13-5-2-6-15-8-4-12-10(14)9-17-11-3-1-7-16-11/h1,3,7,13H,2,4-6,8-9H2,(H,12,14). The minimum atomic E-state index is 0.0890. The molecule has 1 aromatic rings. The Hall–Kier alpha value is -0.170. The SMILES string of the molecule is O=C(CSc1cccs1)NCCSCCCO. The van der Waals surface area contributed by atoms with Gasteiger partial charge in [0.05, 0.1) is 9.96 Å². The largest absolute Gasteiger partial charge is 0.396 e. The average molecular weight is 291 g/mol. The van der Waals surface area contributed by atoms with Gasteiger partial charge in [-0.1, -0.05) is 6.07 Å². The second-order valence-electron chi connectivity index (χ2n) is 3.26. The van der Waals surface area contributed by atoms with Gasteiger partial charge < -0.3 is 10.4 Å². The molecule has 0 atom stereocenters. The molecular formula is C11H17NO2S3. The Balaban J connectivity index is 1.94. The molecule has 3 nitrogen and oxygen atoms in total. The lowest BCUT2D eigenvalue weighted by atomic mass is 10.5. The molecule has 96 valence electrons. The number of rotatable bonds is 9. The number of nitrogens with one attached hydrogen (secondary N) is 1. The predicted octanol–water partition coefficient (Wildman–Crippen LogP) is 2.07. The van der Waals surface area contributed by atoms with Crippen LogP contribution in [0.2, 0.25) is 0 Å². The molecule has 0 radical (unpaired) electrons. The van der Waals surface area contributed by atoms with Gasteiger partial charge >= 0.3 is 0 Å². The van der Waals surface area contributed by atoms with Gasteiger partial charge in [0, 0.05) is 18.9 Å². The predicted molar refractivity (Wildman–Crippen MR) is 77.1 cm³/mol. The number of hydrogen-bond donors (Lipinski definition) is 2. The van der Waals surface area contributed by atoms with Crippen molar-refractivity contribution < 1.29 is 9.90 Å². The minimum Gasteiger partial charge on any atom is -0.396 e. The van der Waals surface area contributed by atoms with Gasteiger partial charge in [0.25, 0.3) is 0 Å². The number of thioether (sulfide) groups is 2. The number of hydrogen-bond acceptors (Lipinski definition) is 5. The molecule has 1 amide bonds. The number of thiophene rings is 1. The third-order valence-electron chi connectivity index (χ3n) is 1.86. The van der Waals surface area contributed by atoms with Crippen LogP contribution in [-0.2, 0) is 4.79 Å². The van der Waals surface area contributed by atoms with Crippen LogP contribution in [0, 0.1) is 0 Å². The van der Waals surface area contributed by atoms with E-state index in [4.69, 9.17) is 5.11 Å². The van der Waals surface area contributed by atoms with Gasteiger partial charge in [-0.15, -0.1) is 23.1 Å². The van der Waals surface area contributed by atoms with E-state index < -0.39 is 0 Å². The zero-order valence-electron chi connectivity index (χ0n) is 9.55. The Morgan fingerprint density at radius 3 is 3.06 bits per heavy atom. The van der Waals surface area contributed by atoms with E-state index in [1.165, 1.54) is 4.21 Å². The lowest BCUT2D eigenvalue weighted by Gasteiger charge is -2.04. The second-order valence-corrected chi connectivity index (χ2v) is 6.71. The molecule has 0 aliphatic rings. The molecule has 6 heteroatoms. The number of aliphatic hydroxyl groups excluding tert-OH is 1. The summed E-state index contributed by atoms with van der Waals surface area (Å²) in [6, 6.07) is 4.01. The Kier molecular flexibility index (Phi) is 8.60. The van der Waals surface area contributed by atoms with Crippen LogP contribution in [0.15, 0.2) is 21.7 Å². The molecule has 1 rings (SSSR count). The molecule has 0 spiro atoms. The van der Waals surface area contributed by atoms with Gasteiger partial charge in [-0.2, -0.15) is 11.8 Å². The van der Waals surface area contributed by atoms with E-state index >= 15 is 0 Å². The van der Waals surface area contributed by atoms with Crippen LogP contribution in [-0.4, -0.2) is 41.4 Å². The van der Waals surface area contributed by atoms with Crippen LogP contribution in [0.4, 0.5) is 0 Å². The molecular weight excluding hydrogens is 274 g/mol. The molecule has 1 aromatic heterocycles. The zero-order chi connectivity index (χ0) is 12.3. The van der Waals surface area contributed by atoms with Crippen molar-refractivity contribution in [1.29, 1.82) is 0 Å². The first-order chi connectivity index (χ1) is 8.33. The van der Waals surface area contributed by atoms with E-state index in [0.29, 0.717) is 12.3 Å². The first-order valence-corrected chi connectivity index (χ1v) is 8.46. The van der Waals surface area contributed by atoms with E-state index in [1.807, 2.05) is 17.5 Å². The van der Waals surface area contributed by atoms with E-state index in [0.717, 1.165) is 17.9 Å². The average Bonchev–Trinajstić information content (AvgIpc) is 2.84. The van der Waals surface area contributed by atoms with Crippen molar-refractivity contribution >= 4 is 40.8 Å². The van der Waals surface area contributed by atoms with Gasteiger partial charge in [0.2, 0.25) is 5.91 Å². The zero-order valence-corrected chi connectivity index (χ0v) is 12.0. The Bertz CT molecular complexity index is 304. The van der Waals surface area contributed by atoms with Crippen LogP contribution < -0.4 is 5.32 Å². The number of aliphatic hydroxyl groups is 1. The quantitative estimate of drug-likeness (QED) is 0.540. The Morgan fingerprint density at radius 1 is 1.47 bits per heavy atom. The van der Waals surface area contributed by atoms with E-state index in [9.17, 15) is 4.79 Å². The monoisotopic (exact) mass is 291 g/mol. The van der Waals surface area contributed by atoms with Crippen molar-refractivity contribution in [3.05, 3.63) is 17.5 Å². The highest BCUT2D eigenvalue weighted by Gasteiger charge is 2.02. The summed E-state index contributed by atoms with van der Waals surface area (Å²) in [7, 11) is 0. The van der Waals surface area contributed by atoms with Gasteiger partial charge in [0.1, 0.15) is 0 Å². The highest BCUT2D eigenvalue weighted by atomic mass is 32.2. The molecule has 1 heterocycles. The fourth-order valence-corrected chi connectivity index (χ4v) is 3.46. The van der Waals surface area contributed by atoms with E-state index in [2.05, 4.69) is 5.32 Å². The Labute approximate surface area is 114 Å². The van der Waals surface area contributed by atoms with Crippen molar-refractivity contribution in [2.24, 2.45) is 0 Å². The summed E-state index contributed by atoms with van der Waals surface area (Å²) >= 11 is 4.99. The summed E-state index contributed by atoms with van der Waals surface area (Å²) in [6.45, 7) is 0.955. The topological polar surface area (TPSA) is 49.3 Å². The Morgan fingerprint density at radius 2 is 2.35 bits per heavy atom. The van der Waals surface area contributed by atoms with Crippen LogP contribution >= 0.6 is 34.9 Å². The third-order valence-corrected chi connectivity index (χ3v) is 5.06. The van der Waals surface area contributed by atoms with Gasteiger partial charge in [-0.05, 0) is 23.6 Å². The smallest absolute Gasteiger partial charge is 0.230 e. The van der Waals surface area contributed by atoms with Crippen LogP contribution in [0.25, 0.3) is 0 Å². The fraction of sp³-hybridized carbons (Fsp3) is 0.545. The summed E-state index contributed by atoms with van der Waals surface area (Å²) in [5, 5.41) is 13.5. The fourth-order valence-electron chi connectivity index (χ4n) is 1.06. The third kappa shape index (κ3) is 7.70. The maximum atomic E-state index is 11.5. The highest BCUT2D eigenvalue weighted by Crippen LogP contribution is 2.22. The van der Waals surface area contributed by atoms with Gasteiger partial charge in [0.15, 0.2) is 0 Å².